The second-order valence-corrected chi connectivity index (χ2v) is 12.2. The second kappa shape index (κ2) is 14.9. The number of carboxylic acids is 1. The standard InChI is InChI=1S/C23H25FN10O5S2.H2O4S/c1-26-5-3-7-33-11-27-18-13(33)4-2-6-32(18)8-12-9-40-21-15(20(36)34(21)16(12)22(37)38)28-19(35)14(30-39-10-24)17-29-23(25)41-31-17;1-5(2,3)4/h2,4,6,11,15,21,26H,3,5,7-10H2,1H3,(H3-,25,28,29,31,35,37,38);(H2,1,2,3,4)/b30-14-;/t15-,21-;/m1./s1. The maximum absolute atomic E-state index is 13.1. The van der Waals surface area contributed by atoms with Gasteiger partial charge in [0.2, 0.25) is 17.9 Å². The number of aliphatic carboxylic acids is 1. The summed E-state index contributed by atoms with van der Waals surface area (Å²) >= 11 is 2.07. The predicted molar refractivity (Wildman–Crippen MR) is 158 cm³/mol. The van der Waals surface area contributed by atoms with E-state index in [9.17, 15) is 23.9 Å². The molecule has 19 nitrogen and oxygen atoms in total. The molecule has 248 valence electrons. The number of hydrogen-bond donors (Lipinski definition) is 5. The molecule has 2 amide bonds. The Morgan fingerprint density at radius 1 is 1.37 bits per heavy atom. The van der Waals surface area contributed by atoms with E-state index in [-0.39, 0.29) is 29.0 Å². The minimum atomic E-state index is -4.67. The first-order valence-corrected chi connectivity index (χ1v) is 16.3. The van der Waals surface area contributed by atoms with Crippen molar-refractivity contribution in [2.75, 3.05) is 31.9 Å². The number of pyridine rings is 1. The van der Waals surface area contributed by atoms with Crippen molar-refractivity contribution in [3.63, 3.8) is 0 Å². The largest absolute Gasteiger partial charge is 0.543 e. The molecule has 0 bridgehead atoms. The molecule has 6 N–H and O–H groups in total. The minimum absolute atomic E-state index is 0.0415. The van der Waals surface area contributed by atoms with E-state index in [0.29, 0.717) is 11.2 Å². The quantitative estimate of drug-likeness (QED) is 0.0325. The Morgan fingerprint density at radius 3 is 2.74 bits per heavy atom. The summed E-state index contributed by atoms with van der Waals surface area (Å²) in [7, 11) is -2.78. The molecule has 0 aromatic carbocycles. The molecule has 23 heteroatoms. The summed E-state index contributed by atoms with van der Waals surface area (Å²) in [4.78, 5) is 52.1. The number of nitrogens with two attached hydrogens (primary N) is 1. The number of aryl methyl sites for hydroxylation is 1. The van der Waals surface area contributed by atoms with E-state index in [0.717, 1.165) is 41.5 Å². The van der Waals surface area contributed by atoms with Crippen LogP contribution in [0.25, 0.3) is 11.2 Å². The van der Waals surface area contributed by atoms with E-state index in [1.165, 1.54) is 11.8 Å². The number of β-lactam (4-membered cyclic amide) rings is 1. The van der Waals surface area contributed by atoms with Crippen molar-refractivity contribution in [3.8, 4) is 0 Å². The second-order valence-electron chi connectivity index (χ2n) is 9.42. The highest BCUT2D eigenvalue weighted by molar-refractivity contribution is 8.00. The van der Waals surface area contributed by atoms with Crippen LogP contribution in [0, 0.1) is 0 Å². The zero-order chi connectivity index (χ0) is 33.6. The molecule has 1 saturated heterocycles. The van der Waals surface area contributed by atoms with Crippen molar-refractivity contribution in [1.29, 1.82) is 0 Å². The number of halogens is 1. The highest BCUT2D eigenvalue weighted by Crippen LogP contribution is 2.40. The van der Waals surface area contributed by atoms with E-state index in [4.69, 9.17) is 23.3 Å². The molecule has 5 heterocycles. The molecule has 0 saturated carbocycles. The molecule has 3 aromatic heterocycles. The van der Waals surface area contributed by atoms with Gasteiger partial charge in [-0.2, -0.15) is 17.8 Å². The fourth-order valence-corrected chi connectivity index (χ4v) is 6.40. The summed E-state index contributed by atoms with van der Waals surface area (Å²) in [6.07, 6.45) is 4.45. The summed E-state index contributed by atoms with van der Waals surface area (Å²) in [5, 5.41) is 20.6. The lowest BCUT2D eigenvalue weighted by Gasteiger charge is -2.50. The molecular formula is C23H27FN10O9S3. The lowest BCUT2D eigenvalue weighted by atomic mass is 10.0. The first-order chi connectivity index (χ1) is 21.8. The van der Waals surface area contributed by atoms with Gasteiger partial charge in [-0.25, -0.2) is 8.96 Å². The van der Waals surface area contributed by atoms with Crippen LogP contribution in [0.1, 0.15) is 12.2 Å². The van der Waals surface area contributed by atoms with Gasteiger partial charge in [-0.05, 0) is 37.1 Å². The van der Waals surface area contributed by atoms with Gasteiger partial charge in [0.25, 0.3) is 18.7 Å². The number of nitrogen functional groups attached to an aromatic ring is 1. The number of imidazole rings is 1. The van der Waals surface area contributed by atoms with E-state index in [2.05, 4.69) is 35.0 Å². The Balaban J connectivity index is 0.000000892. The van der Waals surface area contributed by atoms with Crippen LogP contribution in [0.5, 0.6) is 0 Å². The first-order valence-electron chi connectivity index (χ1n) is 13.1. The van der Waals surface area contributed by atoms with Crippen molar-refractivity contribution < 1.29 is 50.8 Å². The maximum atomic E-state index is 13.1. The fourth-order valence-electron chi connectivity index (χ4n) is 4.63. The molecule has 0 unspecified atom stereocenters. The minimum Gasteiger partial charge on any atom is -0.543 e. The highest BCUT2D eigenvalue weighted by atomic mass is 32.3. The molecule has 46 heavy (non-hydrogen) atoms. The van der Waals surface area contributed by atoms with Crippen LogP contribution >= 0.6 is 23.3 Å². The van der Waals surface area contributed by atoms with Gasteiger partial charge in [-0.1, -0.05) is 5.16 Å². The molecular weight excluding hydrogens is 676 g/mol. The Labute approximate surface area is 268 Å². The average Bonchev–Trinajstić information content (AvgIpc) is 3.61. The Morgan fingerprint density at radius 2 is 2.11 bits per heavy atom. The van der Waals surface area contributed by atoms with Crippen LogP contribution in [0.3, 0.4) is 0 Å². The molecule has 0 aliphatic carbocycles. The lowest BCUT2D eigenvalue weighted by molar-refractivity contribution is -0.664. The van der Waals surface area contributed by atoms with Crippen LogP contribution in [0.4, 0.5) is 9.52 Å². The summed E-state index contributed by atoms with van der Waals surface area (Å²) in [5.74, 6) is -3.01. The van der Waals surface area contributed by atoms with Gasteiger partial charge < -0.3 is 35.7 Å². The van der Waals surface area contributed by atoms with Crippen molar-refractivity contribution in [2.45, 2.75) is 30.9 Å². The molecule has 3 aromatic rings. The zero-order valence-electron chi connectivity index (χ0n) is 23.8. The van der Waals surface area contributed by atoms with Crippen LogP contribution < -0.4 is 26.0 Å². The van der Waals surface area contributed by atoms with Gasteiger partial charge in [0, 0.05) is 29.4 Å². The van der Waals surface area contributed by atoms with Crippen LogP contribution in [0.15, 0.2) is 41.1 Å². The molecule has 5 rings (SSSR count). The average molecular weight is 703 g/mol. The number of thioether (sulfide) groups is 1. The number of amides is 2. The molecule has 0 radical (unpaired) electrons. The number of oxime groups is 1. The summed E-state index contributed by atoms with van der Waals surface area (Å²) in [6.45, 7) is 0.479. The number of carboxylic acid groups (broad SMARTS) is 1. The lowest BCUT2D eigenvalue weighted by Crippen LogP contribution is -2.71. The topological polar surface area (TPSA) is 271 Å². The zero-order valence-corrected chi connectivity index (χ0v) is 26.2. The summed E-state index contributed by atoms with van der Waals surface area (Å²) < 4.78 is 51.9. The van der Waals surface area contributed by atoms with Crippen molar-refractivity contribution in [2.24, 2.45) is 5.16 Å². The summed E-state index contributed by atoms with van der Waals surface area (Å²) in [6, 6.07) is 2.71. The molecule has 0 spiro atoms. The number of hydrogen-bond acceptors (Lipinski definition) is 15. The highest BCUT2D eigenvalue weighted by Gasteiger charge is 2.53. The van der Waals surface area contributed by atoms with Crippen molar-refractivity contribution in [1.82, 2.24) is 34.4 Å². The molecule has 2 aliphatic heterocycles. The number of nitrogens with one attached hydrogen (secondary N) is 2. The van der Waals surface area contributed by atoms with Crippen LogP contribution in [-0.4, -0.2) is 102 Å². The molecule has 1 fully saturated rings. The first kappa shape index (κ1) is 34.6. The third-order valence-corrected chi connectivity index (χ3v) is 8.32. The van der Waals surface area contributed by atoms with Gasteiger partial charge >= 0.3 is 16.0 Å². The fraction of sp³-hybridized carbons (Fsp3) is 0.391. The monoisotopic (exact) mass is 702 g/mol. The number of rotatable bonds is 12. The SMILES string of the molecule is CNCCCn1cnc2c1ccc[n+]2CC1=C(C(=O)[O-])N2C(=O)[C@@H](NC(=O)/C(=N\OCF)c3nsc(N)n3)[C@H]2SC1.O=S(=O)(O)O. The number of alkyl halides is 1. The number of nitrogens with zero attached hydrogens (tertiary/aromatic N) is 7. The number of anilines is 1. The normalized spacial score (nSPS) is 18.0. The predicted octanol–water partition coefficient (Wildman–Crippen LogP) is -2.53. The Bertz CT molecular complexity index is 1790. The van der Waals surface area contributed by atoms with Gasteiger partial charge in [-0.15, -0.1) is 11.8 Å². The van der Waals surface area contributed by atoms with Gasteiger partial charge in [0.1, 0.15) is 23.5 Å². The van der Waals surface area contributed by atoms with Crippen LogP contribution in [-0.2, 0) is 42.7 Å². The van der Waals surface area contributed by atoms with Gasteiger partial charge in [-0.3, -0.25) is 23.6 Å². The number of carbonyl (C=O) groups is 3. The molecule has 2 aliphatic rings. The van der Waals surface area contributed by atoms with E-state index < -0.39 is 52.2 Å². The Hall–Kier alpha value is -4.29. The third-order valence-electron chi connectivity index (χ3n) is 6.44. The number of carbonyl (C=O) groups excluding carboxylic acids is 3. The van der Waals surface area contributed by atoms with Crippen LogP contribution in [0.2, 0.25) is 0 Å². The van der Waals surface area contributed by atoms with Gasteiger partial charge in [0.05, 0.1) is 17.9 Å². The number of aromatic nitrogens is 5. The number of fused-ring (bicyclic) bond motifs is 2. The van der Waals surface area contributed by atoms with E-state index in [1.807, 2.05) is 28.3 Å². The van der Waals surface area contributed by atoms with E-state index >= 15 is 0 Å². The smallest absolute Gasteiger partial charge is 0.394 e. The Kier molecular flexibility index (Phi) is 11.2. The van der Waals surface area contributed by atoms with Crippen molar-refractivity contribution >= 4 is 73.5 Å². The van der Waals surface area contributed by atoms with E-state index in [1.54, 1.807) is 12.5 Å². The van der Waals surface area contributed by atoms with Crippen molar-refractivity contribution in [3.05, 3.63) is 41.8 Å². The maximum Gasteiger partial charge on any atom is 0.394 e. The molecule has 2 atom stereocenters. The third kappa shape index (κ3) is 8.10. The van der Waals surface area contributed by atoms with Gasteiger partial charge in [0.15, 0.2) is 5.13 Å². The summed E-state index contributed by atoms with van der Waals surface area (Å²) in [5.41, 5.74) is 6.88.